The summed E-state index contributed by atoms with van der Waals surface area (Å²) < 4.78 is 16.3. The van der Waals surface area contributed by atoms with Gasteiger partial charge in [0, 0.05) is 24.6 Å². The second-order valence-electron chi connectivity index (χ2n) is 6.05. The second-order valence-corrected chi connectivity index (χ2v) is 7.09. The molecule has 152 valence electrons. The number of nitrogens with one attached hydrogen (secondary N) is 2. The molecule has 3 aromatic rings. The Morgan fingerprint density at radius 1 is 1.07 bits per heavy atom. The summed E-state index contributed by atoms with van der Waals surface area (Å²) in [5, 5.41) is 9.68. The highest BCUT2D eigenvalue weighted by molar-refractivity contribution is 7.08. The Labute approximate surface area is 171 Å². The van der Waals surface area contributed by atoms with Crippen molar-refractivity contribution in [3.8, 4) is 17.2 Å². The van der Waals surface area contributed by atoms with E-state index in [-0.39, 0.29) is 10.8 Å². The van der Waals surface area contributed by atoms with Gasteiger partial charge in [0.2, 0.25) is 0 Å². The van der Waals surface area contributed by atoms with Gasteiger partial charge in [0.05, 0.1) is 14.2 Å². The number of carbonyl (C=O) groups excluding carboxylic acids is 1. The molecule has 0 atom stereocenters. The van der Waals surface area contributed by atoms with E-state index in [1.165, 1.54) is 0 Å². The summed E-state index contributed by atoms with van der Waals surface area (Å²) in [6.07, 6.45) is 0.500. The minimum Gasteiger partial charge on any atom is -0.497 e. The van der Waals surface area contributed by atoms with Crippen molar-refractivity contribution < 1.29 is 19.0 Å². The Kier molecular flexibility index (Phi) is 6.85. The molecule has 0 aliphatic heterocycles. The number of aromatic nitrogens is 2. The van der Waals surface area contributed by atoms with Crippen molar-refractivity contribution in [3.63, 3.8) is 0 Å². The van der Waals surface area contributed by atoms with Gasteiger partial charge in [0.15, 0.2) is 0 Å². The van der Waals surface area contributed by atoms with Crippen molar-refractivity contribution in [2.24, 2.45) is 0 Å². The normalized spacial score (nSPS) is 10.4. The molecule has 0 saturated heterocycles. The van der Waals surface area contributed by atoms with Gasteiger partial charge in [-0.05, 0) is 42.0 Å². The number of H-pyrrole nitrogens is 1. The molecule has 3 rings (SSSR count). The fourth-order valence-corrected chi connectivity index (χ4v) is 3.17. The van der Waals surface area contributed by atoms with Crippen LogP contribution in [0.1, 0.15) is 20.9 Å². The summed E-state index contributed by atoms with van der Waals surface area (Å²) in [4.78, 5) is 23.0. The Morgan fingerprint density at radius 2 is 1.76 bits per heavy atom. The molecule has 29 heavy (non-hydrogen) atoms. The molecule has 2 aromatic carbocycles. The van der Waals surface area contributed by atoms with E-state index < -0.39 is 0 Å². The summed E-state index contributed by atoms with van der Waals surface area (Å²) in [6.45, 7) is 0.737. The van der Waals surface area contributed by atoms with Gasteiger partial charge in [-0.2, -0.15) is 5.10 Å². The van der Waals surface area contributed by atoms with Crippen molar-refractivity contribution in [2.75, 3.05) is 20.8 Å². The van der Waals surface area contributed by atoms with Gasteiger partial charge in [-0.15, -0.1) is 0 Å². The van der Waals surface area contributed by atoms with Gasteiger partial charge < -0.3 is 19.5 Å². The summed E-state index contributed by atoms with van der Waals surface area (Å²) in [6, 6.07) is 12.4. The number of aromatic amines is 1. The summed E-state index contributed by atoms with van der Waals surface area (Å²) >= 11 is 1.04. The molecule has 0 saturated carbocycles. The molecular weight excluding hydrogens is 394 g/mol. The van der Waals surface area contributed by atoms with Crippen LogP contribution in [0.2, 0.25) is 0 Å². The van der Waals surface area contributed by atoms with Gasteiger partial charge in [0.25, 0.3) is 5.91 Å². The first-order valence-corrected chi connectivity index (χ1v) is 9.66. The fraction of sp³-hybridized carbons (Fsp3) is 0.250. The van der Waals surface area contributed by atoms with Crippen LogP contribution in [0.25, 0.3) is 0 Å². The first-order chi connectivity index (χ1) is 14.1. The van der Waals surface area contributed by atoms with Crippen molar-refractivity contribution >= 4 is 17.2 Å². The minimum atomic E-state index is -0.200. The highest BCUT2D eigenvalue weighted by Gasteiger charge is 2.07. The average Bonchev–Trinajstić information content (AvgIpc) is 3.17. The SMILES string of the molecule is COc1cc(COc2ccc(C(=O)NCCc3n[nH]c(=O)s3)cc2)cc(OC)c1. The molecule has 8 nitrogen and oxygen atoms in total. The molecular formula is C20H21N3O5S. The maximum absolute atomic E-state index is 12.2. The maximum atomic E-state index is 12.2. The summed E-state index contributed by atoms with van der Waals surface area (Å²) in [7, 11) is 3.19. The molecule has 0 aliphatic carbocycles. The van der Waals surface area contributed by atoms with E-state index in [1.54, 1.807) is 44.6 Å². The topological polar surface area (TPSA) is 103 Å². The number of ether oxygens (including phenoxy) is 3. The number of amides is 1. The van der Waals surface area contributed by atoms with Crippen molar-refractivity contribution in [1.82, 2.24) is 15.5 Å². The number of nitrogens with zero attached hydrogens (tertiary/aromatic N) is 1. The smallest absolute Gasteiger partial charge is 0.322 e. The van der Waals surface area contributed by atoms with Gasteiger partial charge >= 0.3 is 4.87 Å². The van der Waals surface area contributed by atoms with Gasteiger partial charge in [-0.1, -0.05) is 11.3 Å². The molecule has 0 spiro atoms. The van der Waals surface area contributed by atoms with Gasteiger partial charge in [0.1, 0.15) is 28.9 Å². The van der Waals surface area contributed by atoms with Crippen LogP contribution in [0, 0.1) is 0 Å². The number of methoxy groups -OCH3 is 2. The van der Waals surface area contributed by atoms with E-state index in [0.29, 0.717) is 47.4 Å². The molecule has 0 bridgehead atoms. The van der Waals surface area contributed by atoms with Gasteiger partial charge in [-0.25, -0.2) is 5.10 Å². The van der Waals surface area contributed by atoms with E-state index >= 15 is 0 Å². The van der Waals surface area contributed by atoms with Crippen LogP contribution in [0.3, 0.4) is 0 Å². The van der Waals surface area contributed by atoms with E-state index in [2.05, 4.69) is 15.5 Å². The number of benzene rings is 2. The van der Waals surface area contributed by atoms with E-state index in [0.717, 1.165) is 16.9 Å². The monoisotopic (exact) mass is 415 g/mol. The largest absolute Gasteiger partial charge is 0.497 e. The Bertz CT molecular complexity index is 991. The molecule has 1 heterocycles. The van der Waals surface area contributed by atoms with Crippen molar-refractivity contribution in [3.05, 3.63) is 68.3 Å². The molecule has 9 heteroatoms. The second kappa shape index (κ2) is 9.74. The third-order valence-electron chi connectivity index (χ3n) is 4.04. The zero-order chi connectivity index (χ0) is 20.6. The van der Waals surface area contributed by atoms with Crippen LogP contribution in [-0.2, 0) is 13.0 Å². The Balaban J connectivity index is 1.51. The van der Waals surface area contributed by atoms with Crippen LogP contribution < -0.4 is 24.4 Å². The molecule has 1 amide bonds. The van der Waals surface area contributed by atoms with Crippen molar-refractivity contribution in [1.29, 1.82) is 0 Å². The molecule has 1 aromatic heterocycles. The minimum absolute atomic E-state index is 0.197. The highest BCUT2D eigenvalue weighted by Crippen LogP contribution is 2.23. The maximum Gasteiger partial charge on any atom is 0.322 e. The number of hydrogen-bond acceptors (Lipinski definition) is 7. The Hall–Kier alpha value is -3.33. The van der Waals surface area contributed by atoms with Crippen molar-refractivity contribution in [2.45, 2.75) is 13.0 Å². The lowest BCUT2D eigenvalue weighted by molar-refractivity contribution is 0.0954. The molecule has 2 N–H and O–H groups in total. The summed E-state index contributed by atoms with van der Waals surface area (Å²) in [5.74, 6) is 1.83. The molecule has 0 unspecified atom stereocenters. The third-order valence-corrected chi connectivity index (χ3v) is 4.85. The predicted molar refractivity (Wildman–Crippen MR) is 109 cm³/mol. The summed E-state index contributed by atoms with van der Waals surface area (Å²) in [5.41, 5.74) is 1.43. The lowest BCUT2D eigenvalue weighted by atomic mass is 10.2. The van der Waals surface area contributed by atoms with Crippen LogP contribution >= 0.6 is 11.3 Å². The third kappa shape index (κ3) is 5.82. The lowest BCUT2D eigenvalue weighted by Gasteiger charge is -2.10. The standard InChI is InChI=1S/C20H21N3O5S/c1-26-16-9-13(10-17(11-16)27-2)12-28-15-5-3-14(4-6-15)19(24)21-8-7-18-22-23-20(25)29-18/h3-6,9-11H,7-8,12H2,1-2H3,(H,21,24)(H,23,25). The van der Waals surface area contributed by atoms with Crippen LogP contribution in [0.15, 0.2) is 47.3 Å². The predicted octanol–water partition coefficient (Wildman–Crippen LogP) is 2.40. The first-order valence-electron chi connectivity index (χ1n) is 8.85. The molecule has 0 aliphatic rings. The Morgan fingerprint density at radius 3 is 2.34 bits per heavy atom. The highest BCUT2D eigenvalue weighted by atomic mass is 32.1. The zero-order valence-corrected chi connectivity index (χ0v) is 16.9. The lowest BCUT2D eigenvalue weighted by Crippen LogP contribution is -2.25. The number of hydrogen-bond donors (Lipinski definition) is 2. The van der Waals surface area contributed by atoms with Gasteiger partial charge in [-0.3, -0.25) is 9.59 Å². The van der Waals surface area contributed by atoms with Crippen LogP contribution in [0.5, 0.6) is 17.2 Å². The molecule has 0 radical (unpaired) electrons. The zero-order valence-electron chi connectivity index (χ0n) is 16.1. The van der Waals surface area contributed by atoms with E-state index in [1.807, 2.05) is 12.1 Å². The average molecular weight is 415 g/mol. The quantitative estimate of drug-likeness (QED) is 0.556. The molecule has 0 fully saturated rings. The van der Waals surface area contributed by atoms with Crippen LogP contribution in [0.4, 0.5) is 0 Å². The number of carbonyl (C=O) groups is 1. The van der Waals surface area contributed by atoms with E-state index in [9.17, 15) is 9.59 Å². The van der Waals surface area contributed by atoms with E-state index in [4.69, 9.17) is 14.2 Å². The van der Waals surface area contributed by atoms with Crippen LogP contribution in [-0.4, -0.2) is 36.9 Å². The first kappa shape index (κ1) is 20.4. The fourth-order valence-electron chi connectivity index (χ4n) is 2.57. The number of rotatable bonds is 9.